The largest absolute Gasteiger partial charge is 0.466 e. The van der Waals surface area contributed by atoms with Crippen molar-refractivity contribution in [1.82, 2.24) is 0 Å². The van der Waals surface area contributed by atoms with Crippen LogP contribution in [0, 0.1) is 0 Å². The molecule has 1 aromatic carbocycles. The Balaban J connectivity index is 2.74. The Kier molecular flexibility index (Phi) is 4.41. The van der Waals surface area contributed by atoms with Gasteiger partial charge in [0.15, 0.2) is 0 Å². The van der Waals surface area contributed by atoms with Gasteiger partial charge < -0.3 is 9.47 Å². The van der Waals surface area contributed by atoms with Crippen LogP contribution < -0.4 is 4.74 Å². The van der Waals surface area contributed by atoms with E-state index < -0.39 is 0 Å². The minimum absolute atomic E-state index is 0.220. The van der Waals surface area contributed by atoms with Gasteiger partial charge in [-0.2, -0.15) is 0 Å². The lowest BCUT2D eigenvalue weighted by Gasteiger charge is -2.07. The van der Waals surface area contributed by atoms with Crippen LogP contribution >= 0.6 is 0 Å². The highest BCUT2D eigenvalue weighted by molar-refractivity contribution is 5.73. The highest BCUT2D eigenvalue weighted by Gasteiger charge is 2.08. The molecule has 0 aliphatic rings. The van der Waals surface area contributed by atoms with Gasteiger partial charge in [0.25, 0.3) is 0 Å². The van der Waals surface area contributed by atoms with Gasteiger partial charge in [-0.3, -0.25) is 4.79 Å². The number of para-hydroxylation sites is 1. The zero-order valence-electron chi connectivity index (χ0n) is 8.73. The van der Waals surface area contributed by atoms with E-state index in [1.54, 1.807) is 13.0 Å². The van der Waals surface area contributed by atoms with E-state index in [0.29, 0.717) is 12.4 Å². The normalized spacial score (nSPS) is 9.40. The first-order valence-corrected chi connectivity index (χ1v) is 4.79. The highest BCUT2D eigenvalue weighted by atomic mass is 16.5. The number of carbonyl (C=O) groups excluding carboxylic acids is 1. The first-order valence-electron chi connectivity index (χ1n) is 4.79. The van der Waals surface area contributed by atoms with E-state index in [4.69, 9.17) is 9.47 Å². The number of ether oxygens (including phenoxy) is 2. The summed E-state index contributed by atoms with van der Waals surface area (Å²) in [4.78, 5) is 11.3. The van der Waals surface area contributed by atoms with Gasteiger partial charge >= 0.3 is 5.97 Å². The van der Waals surface area contributed by atoms with Gasteiger partial charge in [-0.05, 0) is 13.0 Å². The average Bonchev–Trinajstić information content (AvgIpc) is 2.21. The van der Waals surface area contributed by atoms with Gasteiger partial charge in [0.2, 0.25) is 0 Å². The molecular formula is C12H14O3. The summed E-state index contributed by atoms with van der Waals surface area (Å²) >= 11 is 0. The maximum atomic E-state index is 11.3. The molecule has 0 unspecified atom stereocenters. The van der Waals surface area contributed by atoms with Crippen LogP contribution in [0.3, 0.4) is 0 Å². The van der Waals surface area contributed by atoms with Crippen molar-refractivity contribution in [1.29, 1.82) is 0 Å². The molecule has 0 N–H and O–H groups in total. The lowest BCUT2D eigenvalue weighted by Crippen LogP contribution is -2.08. The van der Waals surface area contributed by atoms with Crippen molar-refractivity contribution >= 4 is 5.97 Å². The molecule has 0 atom stereocenters. The maximum Gasteiger partial charge on any atom is 0.310 e. The molecule has 0 heterocycles. The lowest BCUT2D eigenvalue weighted by atomic mass is 10.1. The molecule has 1 rings (SSSR count). The molecule has 0 radical (unpaired) electrons. The molecule has 3 nitrogen and oxygen atoms in total. The van der Waals surface area contributed by atoms with Crippen LogP contribution in [0.4, 0.5) is 0 Å². The second-order valence-electron chi connectivity index (χ2n) is 2.87. The van der Waals surface area contributed by atoms with Gasteiger partial charge in [-0.15, -0.1) is 0 Å². The minimum atomic E-state index is -0.252. The Hall–Kier alpha value is -1.77. The fourth-order valence-electron chi connectivity index (χ4n) is 1.22. The molecule has 0 aliphatic carbocycles. The van der Waals surface area contributed by atoms with Gasteiger partial charge in [0, 0.05) is 5.56 Å². The van der Waals surface area contributed by atoms with Gasteiger partial charge in [-0.1, -0.05) is 24.8 Å². The van der Waals surface area contributed by atoms with E-state index >= 15 is 0 Å². The molecule has 80 valence electrons. The van der Waals surface area contributed by atoms with E-state index in [1.165, 1.54) is 6.26 Å². The molecule has 3 heteroatoms. The Morgan fingerprint density at radius 2 is 2.20 bits per heavy atom. The van der Waals surface area contributed by atoms with E-state index in [1.807, 2.05) is 18.2 Å². The van der Waals surface area contributed by atoms with E-state index in [2.05, 4.69) is 6.58 Å². The molecule has 15 heavy (non-hydrogen) atoms. The van der Waals surface area contributed by atoms with Crippen LogP contribution in [-0.2, 0) is 16.0 Å². The number of hydrogen-bond acceptors (Lipinski definition) is 3. The second kappa shape index (κ2) is 5.86. The van der Waals surface area contributed by atoms with E-state index in [-0.39, 0.29) is 12.4 Å². The van der Waals surface area contributed by atoms with Crippen molar-refractivity contribution in [2.45, 2.75) is 13.3 Å². The van der Waals surface area contributed by atoms with Crippen LogP contribution in [-0.4, -0.2) is 12.6 Å². The summed E-state index contributed by atoms with van der Waals surface area (Å²) in [5.41, 5.74) is 0.802. The molecule has 0 bridgehead atoms. The van der Waals surface area contributed by atoms with Crippen LogP contribution in [0.1, 0.15) is 12.5 Å². The van der Waals surface area contributed by atoms with Crippen LogP contribution in [0.15, 0.2) is 37.1 Å². The monoisotopic (exact) mass is 206 g/mol. The van der Waals surface area contributed by atoms with Gasteiger partial charge in [0.05, 0.1) is 19.3 Å². The number of benzene rings is 1. The summed E-state index contributed by atoms with van der Waals surface area (Å²) in [6.45, 7) is 5.65. The first-order chi connectivity index (χ1) is 7.27. The maximum absolute atomic E-state index is 11.3. The molecule has 0 saturated heterocycles. The van der Waals surface area contributed by atoms with Crippen LogP contribution in [0.5, 0.6) is 5.75 Å². The second-order valence-corrected chi connectivity index (χ2v) is 2.87. The van der Waals surface area contributed by atoms with Crippen molar-refractivity contribution in [2.24, 2.45) is 0 Å². The fourth-order valence-corrected chi connectivity index (χ4v) is 1.22. The molecule has 0 fully saturated rings. The van der Waals surface area contributed by atoms with Crippen molar-refractivity contribution < 1.29 is 14.3 Å². The summed E-state index contributed by atoms with van der Waals surface area (Å²) in [6, 6.07) is 7.31. The zero-order valence-corrected chi connectivity index (χ0v) is 8.73. The molecule has 0 saturated carbocycles. The molecule has 0 spiro atoms. The Morgan fingerprint density at radius 1 is 1.47 bits per heavy atom. The quantitative estimate of drug-likeness (QED) is 0.548. The molecule has 0 amide bonds. The SMILES string of the molecule is C=COc1ccccc1CC(=O)OCC. The number of carbonyl (C=O) groups is 1. The van der Waals surface area contributed by atoms with Crippen molar-refractivity contribution in [3.8, 4) is 5.75 Å². The smallest absolute Gasteiger partial charge is 0.310 e. The highest BCUT2D eigenvalue weighted by Crippen LogP contribution is 2.18. The topological polar surface area (TPSA) is 35.5 Å². The average molecular weight is 206 g/mol. The van der Waals surface area contributed by atoms with E-state index in [0.717, 1.165) is 5.56 Å². The standard InChI is InChI=1S/C12H14O3/c1-3-14-11-8-6-5-7-10(11)9-12(13)15-4-2/h3,5-8H,1,4,9H2,2H3. The summed E-state index contributed by atoms with van der Waals surface area (Å²) in [7, 11) is 0. The predicted octanol–water partition coefficient (Wildman–Crippen LogP) is 2.31. The van der Waals surface area contributed by atoms with Crippen LogP contribution in [0.2, 0.25) is 0 Å². The molecule has 0 aromatic heterocycles. The summed E-state index contributed by atoms with van der Waals surface area (Å²) in [5.74, 6) is 0.387. The third-order valence-corrected chi connectivity index (χ3v) is 1.82. The number of hydrogen-bond donors (Lipinski definition) is 0. The van der Waals surface area contributed by atoms with Gasteiger partial charge in [0.1, 0.15) is 5.75 Å². The lowest BCUT2D eigenvalue weighted by molar-refractivity contribution is -0.142. The van der Waals surface area contributed by atoms with Gasteiger partial charge in [-0.25, -0.2) is 0 Å². The summed E-state index contributed by atoms with van der Waals surface area (Å²) in [5, 5.41) is 0. The third kappa shape index (κ3) is 3.46. The fraction of sp³-hybridized carbons (Fsp3) is 0.250. The summed E-state index contributed by atoms with van der Waals surface area (Å²) < 4.78 is 10.0. The Morgan fingerprint density at radius 3 is 2.87 bits per heavy atom. The first kappa shape index (κ1) is 11.3. The predicted molar refractivity (Wildman–Crippen MR) is 57.6 cm³/mol. The number of esters is 1. The van der Waals surface area contributed by atoms with Crippen molar-refractivity contribution in [3.05, 3.63) is 42.7 Å². The Labute approximate surface area is 89.3 Å². The number of rotatable bonds is 5. The van der Waals surface area contributed by atoms with Crippen LogP contribution in [0.25, 0.3) is 0 Å². The molecule has 0 aliphatic heterocycles. The minimum Gasteiger partial charge on any atom is -0.466 e. The van der Waals surface area contributed by atoms with Crippen molar-refractivity contribution in [2.75, 3.05) is 6.61 Å². The summed E-state index contributed by atoms with van der Waals surface area (Å²) in [6.07, 6.45) is 1.56. The van der Waals surface area contributed by atoms with E-state index in [9.17, 15) is 4.79 Å². The molecule has 1 aromatic rings. The zero-order chi connectivity index (χ0) is 11.1. The third-order valence-electron chi connectivity index (χ3n) is 1.82. The van der Waals surface area contributed by atoms with Crippen molar-refractivity contribution in [3.63, 3.8) is 0 Å². The Bertz CT molecular complexity index is 344. The molecular weight excluding hydrogens is 192 g/mol.